The number of amides is 11. The van der Waals surface area contributed by atoms with Gasteiger partial charge in [0.05, 0.1) is 60.7 Å². The zero-order valence-electron chi connectivity index (χ0n) is 80.4. The van der Waals surface area contributed by atoms with Crippen molar-refractivity contribution in [3.8, 4) is 0 Å². The molecule has 2 heterocycles. The van der Waals surface area contributed by atoms with Gasteiger partial charge in [0.1, 0.15) is 71.8 Å². The summed E-state index contributed by atoms with van der Waals surface area (Å²) in [6, 6.07) is 27.6. The number of aliphatic hydroxyl groups excluding tert-OH is 2. The number of Topliss-reactive ketones (excluding diaryl/α,β-unsaturated/α-hetero) is 1. The SMILES string of the molecule is CC1=C2[C@@H](O)C(=O)[C@]3(C)[C@H](O)C[C@H]4OC[C@@]4(O)[C@H]3[C@H](OC(=O)c3ccccc3)[C@](O)(C[C@@H]1OC(=O)[C@H](OC(=O)CCC(=O)N[C@@H](Cc1ccccc1)C(=O)N[C@@H](CCC(N)=O)C(=O)N[C@@H](CC1=CCc3ccccc31)C(=O)N[C@@H](C)C(=O)NC(C(=O)NCC(=O)N[C@@H](Cc1c[nH]cn1)C(=O)N[C@H](/C=C/C(CC(C)C)C(N)=O)CC(C)C)C(C)C)[C@@H](NC(=O)c1ccccc1)c1ccccc1)C2(C)C.[Ac].[Ac]. The van der Waals surface area contributed by atoms with E-state index in [2.05, 4.69) is 57.8 Å². The number of carbonyl (C=O) groups is 15. The quantitative estimate of drug-likeness (QED) is 0.0143. The molecule has 5 aromatic carbocycles. The number of allylic oxidation sites excluding steroid dienone is 1. The summed E-state index contributed by atoms with van der Waals surface area (Å²) in [6.45, 7) is 17.0. The molecule has 1 saturated heterocycles. The van der Waals surface area contributed by atoms with Crippen LogP contribution in [0, 0.1) is 129 Å². The number of primary amides is 2. The fourth-order valence-corrected chi connectivity index (χ4v) is 19.0. The predicted octanol–water partition coefficient (Wildman–Crippen LogP) is 4.36. The number of nitrogens with zero attached hydrogens (tertiary/aromatic N) is 1. The first-order chi connectivity index (χ1) is 65.4. The Bertz CT molecular complexity index is 5540. The standard InChI is InChI=1S/C102H127N13O23.2Ac/c1-55(2)44-66(89(104)123)38-39-67(45-56(3)4)109-94(128)73(48-68-51-105-54-107-68)111-79(119)52-106-96(130)82(57(5)6)114-90(124)59(8)108-93(127)72(47-65-37-36-61-28-24-25-35-69(61)65)113-92(126)70(40-41-77(103)117)112-95(129)71(46-60-26-16-12-17-27-60)110-78(118)42-43-80(120)137-85(83(62-29-18-13-19-30-62)115-91(125)63-31-20-14-21-32-63)98(132)136-74-50-102(134)88(138-97(131)64-33-22-15-23-34-64)86-100(11,75(116)49-76-101(86,133)53-135-76)87(122)84(121)81(58(74)7)99(102,9)10;;/h12-35,37-39,51,54-57,59,66-67,70-76,82-86,88,116,121,133-134H,36,40-50,52-53H2,1-11H3,(H2,103,117)(H2,104,123)(H,105,107)(H,106,130)(H,108,127)(H,109,128)(H,110,118)(H,111,119)(H,112,129)(H,113,126)(H,114,124)(H,115,125);;/b39-38+;;/t59-,66?,67+,70-,71-,72-,73-,74-,75+,76+,82?,83-,84+,85+,86-,88-,100+,101-,102+;;/m0../s1. The molecule has 4 aliphatic carbocycles. The summed E-state index contributed by atoms with van der Waals surface area (Å²) in [5.41, 5.74) is 5.93. The number of carbonyl (C=O) groups excluding carboxylic acids is 15. The summed E-state index contributed by atoms with van der Waals surface area (Å²) in [5, 5.41) is 75.7. The second-order valence-corrected chi connectivity index (χ2v) is 38.2. The van der Waals surface area contributed by atoms with Gasteiger partial charge in [0.25, 0.3) is 5.91 Å². The molecule has 38 heteroatoms. The van der Waals surface area contributed by atoms with Gasteiger partial charge in [-0.25, -0.2) is 14.6 Å². The van der Waals surface area contributed by atoms with Gasteiger partial charge < -0.3 is 104 Å². The number of aromatic amines is 1. The van der Waals surface area contributed by atoms with Crippen molar-refractivity contribution in [3.05, 3.63) is 227 Å². The van der Waals surface area contributed by atoms with Crippen LogP contribution in [0.3, 0.4) is 0 Å². The Labute approximate surface area is 884 Å². The van der Waals surface area contributed by atoms with Gasteiger partial charge in [-0.1, -0.05) is 195 Å². The van der Waals surface area contributed by atoms with Crippen LogP contribution in [0.1, 0.15) is 189 Å². The largest absolute Gasteiger partial charge is 0.455 e. The summed E-state index contributed by atoms with van der Waals surface area (Å²) in [4.78, 5) is 223. The zero-order chi connectivity index (χ0) is 100. The van der Waals surface area contributed by atoms with Crippen LogP contribution in [0.25, 0.3) is 5.57 Å². The molecule has 3 fully saturated rings. The first-order valence-corrected chi connectivity index (χ1v) is 46.6. The molecule has 2 radical (unpaired) electrons. The second-order valence-electron chi connectivity index (χ2n) is 38.2. The number of H-pyrrole nitrogens is 1. The molecule has 11 amide bonds. The molecule has 2 saturated carbocycles. The van der Waals surface area contributed by atoms with Crippen LogP contribution >= 0.6 is 0 Å². The number of aromatic nitrogens is 2. The molecule has 2 bridgehead atoms. The van der Waals surface area contributed by atoms with Gasteiger partial charge in [0.15, 0.2) is 5.78 Å². The summed E-state index contributed by atoms with van der Waals surface area (Å²) < 4.78 is 24.7. The molecular formula is C102H127Ac2N13O23. The molecule has 0 spiro atoms. The van der Waals surface area contributed by atoms with E-state index in [-0.39, 0.29) is 153 Å². The molecular weight excluding hydrogens is 2230 g/mol. The monoisotopic (exact) mass is 2360 g/mol. The van der Waals surface area contributed by atoms with Crippen LogP contribution in [0.4, 0.5) is 0 Å². The van der Waals surface area contributed by atoms with Gasteiger partial charge in [0.2, 0.25) is 65.2 Å². The fourth-order valence-electron chi connectivity index (χ4n) is 19.0. The molecule has 2 unspecified atom stereocenters. The molecule has 140 heavy (non-hydrogen) atoms. The Morgan fingerprint density at radius 2 is 1.19 bits per heavy atom. The van der Waals surface area contributed by atoms with Crippen LogP contribution in [-0.4, -0.2) is 222 Å². The molecule has 6 aromatic rings. The Kier molecular flexibility index (Phi) is 40.7. The van der Waals surface area contributed by atoms with E-state index in [9.17, 15) is 73.2 Å². The van der Waals surface area contributed by atoms with Gasteiger partial charge in [-0.15, -0.1) is 0 Å². The first kappa shape index (κ1) is 113. The van der Waals surface area contributed by atoms with Crippen LogP contribution in [0.5, 0.6) is 0 Å². The molecule has 11 rings (SSSR count). The van der Waals surface area contributed by atoms with Crippen LogP contribution in [0.15, 0.2) is 187 Å². The van der Waals surface area contributed by atoms with E-state index in [1.807, 2.05) is 52.0 Å². The average molecular weight is 2360 g/mol. The van der Waals surface area contributed by atoms with Crippen molar-refractivity contribution in [1.29, 1.82) is 0 Å². The van der Waals surface area contributed by atoms with E-state index in [1.54, 1.807) is 123 Å². The number of nitrogens with two attached hydrogens (primary N) is 2. The maximum atomic E-state index is 15.8. The Balaban J connectivity index is 0.0000110. The van der Waals surface area contributed by atoms with Crippen molar-refractivity contribution < 1.29 is 199 Å². The maximum absolute atomic E-state index is 15.8. The number of rotatable bonds is 44. The topological polar surface area (TPSA) is 563 Å². The van der Waals surface area contributed by atoms with Gasteiger partial charge in [-0.05, 0) is 127 Å². The minimum absolute atomic E-state index is 0. The van der Waals surface area contributed by atoms with Gasteiger partial charge in [-0.2, -0.15) is 0 Å². The number of esters is 3. The van der Waals surface area contributed by atoms with E-state index < -0.39 is 259 Å². The third kappa shape index (κ3) is 27.9. The van der Waals surface area contributed by atoms with Gasteiger partial charge in [-0.3, -0.25) is 62.3 Å². The summed E-state index contributed by atoms with van der Waals surface area (Å²) in [5.74, 6) is -16.7. The molecule has 1 aromatic heterocycles. The number of hydrogen-bond donors (Lipinski definition) is 16. The number of nitrogens with one attached hydrogen (secondary N) is 10. The number of benzene rings is 5. The van der Waals surface area contributed by atoms with E-state index >= 15 is 19.2 Å². The Hall–Kier alpha value is -10.5. The average Bonchev–Trinajstić information content (AvgIpc) is 0.736. The van der Waals surface area contributed by atoms with Gasteiger partial charge in [0, 0.05) is 162 Å². The fraction of sp³-hybridized carbons (Fsp3) is 0.471. The van der Waals surface area contributed by atoms with Crippen molar-refractivity contribution in [3.63, 3.8) is 0 Å². The molecule has 19 atom stereocenters. The Morgan fingerprint density at radius 1 is 0.614 bits per heavy atom. The third-order valence-electron chi connectivity index (χ3n) is 26.7. The van der Waals surface area contributed by atoms with Crippen LogP contribution < -0.4 is 59.3 Å². The van der Waals surface area contributed by atoms with Crippen molar-refractivity contribution in [1.82, 2.24) is 57.8 Å². The smallest absolute Gasteiger partial charge is 0.350 e. The molecule has 1 aliphatic heterocycles. The first-order valence-electron chi connectivity index (χ1n) is 46.6. The van der Waals surface area contributed by atoms with Crippen molar-refractivity contribution in [2.45, 2.75) is 249 Å². The molecule has 36 nitrogen and oxygen atoms in total. The number of imidazole rings is 1. The van der Waals surface area contributed by atoms with E-state index in [0.717, 1.165) is 11.1 Å². The van der Waals surface area contributed by atoms with E-state index in [1.165, 1.54) is 77.3 Å². The zero-order valence-corrected chi connectivity index (χ0v) is 89.9. The Morgan fingerprint density at radius 3 is 1.80 bits per heavy atom. The molecule has 744 valence electrons. The minimum Gasteiger partial charge on any atom is -0.455 e. The number of ether oxygens (including phenoxy) is 4. The predicted molar refractivity (Wildman–Crippen MR) is 503 cm³/mol. The van der Waals surface area contributed by atoms with Crippen LogP contribution in [0.2, 0.25) is 0 Å². The number of aliphatic hydroxyl groups is 4. The number of hydrogen-bond acceptors (Lipinski definition) is 24. The summed E-state index contributed by atoms with van der Waals surface area (Å²) in [7, 11) is 0. The van der Waals surface area contributed by atoms with Crippen LogP contribution in [-0.2, 0) is 101 Å². The third-order valence-corrected chi connectivity index (χ3v) is 26.7. The van der Waals surface area contributed by atoms with Crippen molar-refractivity contribution in [2.24, 2.45) is 51.9 Å². The van der Waals surface area contributed by atoms with E-state index in [0.29, 0.717) is 36.1 Å². The summed E-state index contributed by atoms with van der Waals surface area (Å²) >= 11 is 0. The number of ketones is 1. The minimum atomic E-state index is -2.57. The molecule has 18 N–H and O–H groups in total. The second kappa shape index (κ2) is 50.4. The van der Waals surface area contributed by atoms with Crippen molar-refractivity contribution >= 4 is 94.2 Å². The molecule has 5 aliphatic rings. The summed E-state index contributed by atoms with van der Waals surface area (Å²) in [6.07, 6.45) is -5.55. The normalized spacial score (nSPS) is 22.5. The van der Waals surface area contributed by atoms with E-state index in [4.69, 9.17) is 30.4 Å². The van der Waals surface area contributed by atoms with Gasteiger partial charge >= 0.3 is 17.9 Å². The maximum Gasteiger partial charge on any atom is 0.350 e. The number of fused-ring (bicyclic) bond motifs is 6. The van der Waals surface area contributed by atoms with Crippen molar-refractivity contribution in [2.75, 3.05) is 13.2 Å².